The maximum Gasteiger partial charge on any atom is 0.0494 e. The SMILES string of the molecule is CN(c1ccc(N(c2ccccc2)c2ccc(-c3ccccc3)cc2)cc1)c1cc2ccccc2c2ccccc12. The van der Waals surface area contributed by atoms with Crippen molar-refractivity contribution in [1.29, 1.82) is 0 Å². The van der Waals surface area contributed by atoms with Gasteiger partial charge in [0.2, 0.25) is 0 Å². The van der Waals surface area contributed by atoms with Crippen LogP contribution in [-0.4, -0.2) is 7.05 Å². The van der Waals surface area contributed by atoms with Crippen molar-refractivity contribution in [2.75, 3.05) is 16.8 Å². The van der Waals surface area contributed by atoms with Crippen LogP contribution < -0.4 is 9.80 Å². The second kappa shape index (κ2) is 10.7. The smallest absolute Gasteiger partial charge is 0.0494 e. The second-order valence-corrected chi connectivity index (χ2v) is 10.3. The van der Waals surface area contributed by atoms with Gasteiger partial charge in [-0.1, -0.05) is 109 Å². The molecule has 0 aliphatic heterocycles. The molecule has 0 bridgehead atoms. The van der Waals surface area contributed by atoms with E-state index in [9.17, 15) is 0 Å². The molecular formula is C39H30N2. The highest BCUT2D eigenvalue weighted by molar-refractivity contribution is 6.13. The van der Waals surface area contributed by atoms with Gasteiger partial charge in [0.15, 0.2) is 0 Å². The summed E-state index contributed by atoms with van der Waals surface area (Å²) in [5.41, 5.74) is 8.13. The monoisotopic (exact) mass is 526 g/mol. The summed E-state index contributed by atoms with van der Waals surface area (Å²) in [7, 11) is 2.16. The number of hydrogen-bond acceptors (Lipinski definition) is 2. The highest BCUT2D eigenvalue weighted by Gasteiger charge is 2.15. The maximum atomic E-state index is 2.31. The van der Waals surface area contributed by atoms with Crippen LogP contribution in [0.2, 0.25) is 0 Å². The molecular weight excluding hydrogens is 496 g/mol. The molecule has 0 spiro atoms. The van der Waals surface area contributed by atoms with E-state index >= 15 is 0 Å². The maximum absolute atomic E-state index is 2.31. The van der Waals surface area contributed by atoms with Crippen molar-refractivity contribution >= 4 is 50.0 Å². The Morgan fingerprint density at radius 3 is 1.51 bits per heavy atom. The van der Waals surface area contributed by atoms with Gasteiger partial charge >= 0.3 is 0 Å². The predicted molar refractivity (Wildman–Crippen MR) is 176 cm³/mol. The molecule has 0 fully saturated rings. The van der Waals surface area contributed by atoms with Crippen LogP contribution in [0, 0.1) is 0 Å². The summed E-state index contributed by atoms with van der Waals surface area (Å²) in [6.45, 7) is 0. The molecule has 0 unspecified atom stereocenters. The Morgan fingerprint density at radius 1 is 0.366 bits per heavy atom. The molecule has 0 N–H and O–H groups in total. The van der Waals surface area contributed by atoms with Crippen LogP contribution in [0.4, 0.5) is 28.4 Å². The van der Waals surface area contributed by atoms with E-state index < -0.39 is 0 Å². The van der Waals surface area contributed by atoms with E-state index in [4.69, 9.17) is 0 Å². The average Bonchev–Trinajstić information content (AvgIpc) is 3.06. The minimum absolute atomic E-state index is 1.11. The van der Waals surface area contributed by atoms with Gasteiger partial charge in [0, 0.05) is 40.9 Å². The summed E-state index contributed by atoms with van der Waals surface area (Å²) in [5.74, 6) is 0. The van der Waals surface area contributed by atoms with Gasteiger partial charge in [-0.05, 0) is 81.9 Å². The van der Waals surface area contributed by atoms with E-state index in [1.165, 1.54) is 38.4 Å². The van der Waals surface area contributed by atoms with E-state index in [-0.39, 0.29) is 0 Å². The lowest BCUT2D eigenvalue weighted by atomic mass is 9.99. The van der Waals surface area contributed by atoms with Crippen molar-refractivity contribution < 1.29 is 0 Å². The molecule has 2 heteroatoms. The fourth-order valence-electron chi connectivity index (χ4n) is 5.73. The number of benzene rings is 7. The van der Waals surface area contributed by atoms with E-state index in [1.54, 1.807) is 0 Å². The van der Waals surface area contributed by atoms with Gasteiger partial charge in [-0.25, -0.2) is 0 Å². The Kier molecular flexibility index (Phi) is 6.42. The summed E-state index contributed by atoms with van der Waals surface area (Å²) < 4.78 is 0. The van der Waals surface area contributed by atoms with Crippen LogP contribution in [-0.2, 0) is 0 Å². The Morgan fingerprint density at radius 2 is 0.829 bits per heavy atom. The van der Waals surface area contributed by atoms with Crippen LogP contribution in [0.25, 0.3) is 32.7 Å². The van der Waals surface area contributed by atoms with Gasteiger partial charge in [-0.15, -0.1) is 0 Å². The molecule has 7 rings (SSSR count). The first-order valence-electron chi connectivity index (χ1n) is 14.0. The van der Waals surface area contributed by atoms with Gasteiger partial charge in [0.05, 0.1) is 0 Å². The first-order chi connectivity index (χ1) is 20.3. The summed E-state index contributed by atoms with van der Waals surface area (Å²) in [4.78, 5) is 4.60. The van der Waals surface area contributed by atoms with E-state index in [1.807, 2.05) is 0 Å². The first-order valence-corrected chi connectivity index (χ1v) is 14.0. The predicted octanol–water partition coefficient (Wildman–Crippen LogP) is 10.9. The number of para-hydroxylation sites is 1. The van der Waals surface area contributed by atoms with Gasteiger partial charge in [-0.2, -0.15) is 0 Å². The van der Waals surface area contributed by atoms with Crippen molar-refractivity contribution in [3.8, 4) is 11.1 Å². The van der Waals surface area contributed by atoms with E-state index in [2.05, 4.69) is 181 Å². The largest absolute Gasteiger partial charge is 0.344 e. The molecule has 0 radical (unpaired) electrons. The molecule has 7 aromatic carbocycles. The minimum Gasteiger partial charge on any atom is -0.344 e. The number of fused-ring (bicyclic) bond motifs is 3. The van der Waals surface area contributed by atoms with Gasteiger partial charge in [-0.3, -0.25) is 0 Å². The highest BCUT2D eigenvalue weighted by Crippen LogP contribution is 2.39. The molecule has 0 saturated carbocycles. The molecule has 0 atom stereocenters. The van der Waals surface area contributed by atoms with Crippen LogP contribution in [0.1, 0.15) is 0 Å². The lowest BCUT2D eigenvalue weighted by Crippen LogP contribution is -2.12. The zero-order valence-corrected chi connectivity index (χ0v) is 23.0. The zero-order chi connectivity index (χ0) is 27.6. The summed E-state index contributed by atoms with van der Waals surface area (Å²) >= 11 is 0. The average molecular weight is 527 g/mol. The van der Waals surface area contributed by atoms with Crippen LogP contribution in [0.5, 0.6) is 0 Å². The Hall–Kier alpha value is -5.34. The normalized spacial score (nSPS) is 11.0. The van der Waals surface area contributed by atoms with Gasteiger partial charge in [0.1, 0.15) is 0 Å². The third kappa shape index (κ3) is 4.70. The molecule has 0 aromatic heterocycles. The van der Waals surface area contributed by atoms with Crippen molar-refractivity contribution in [3.63, 3.8) is 0 Å². The molecule has 0 aliphatic carbocycles. The molecule has 0 heterocycles. The summed E-state index contributed by atoms with van der Waals surface area (Å²) in [5, 5.41) is 5.06. The molecule has 0 amide bonds. The molecule has 41 heavy (non-hydrogen) atoms. The fourth-order valence-corrected chi connectivity index (χ4v) is 5.73. The van der Waals surface area contributed by atoms with Crippen molar-refractivity contribution in [1.82, 2.24) is 0 Å². The Bertz CT molecular complexity index is 1930. The molecule has 0 aliphatic rings. The first kappa shape index (κ1) is 24.7. The molecule has 2 nitrogen and oxygen atoms in total. The molecule has 7 aromatic rings. The zero-order valence-electron chi connectivity index (χ0n) is 23.0. The third-order valence-corrected chi connectivity index (χ3v) is 7.85. The number of anilines is 5. The molecule has 196 valence electrons. The summed E-state index contributed by atoms with van der Waals surface area (Å²) in [6, 6.07) is 58.4. The third-order valence-electron chi connectivity index (χ3n) is 7.85. The molecule has 0 saturated heterocycles. The van der Waals surface area contributed by atoms with Gasteiger partial charge in [0.25, 0.3) is 0 Å². The topological polar surface area (TPSA) is 6.48 Å². The number of nitrogens with zero attached hydrogens (tertiary/aromatic N) is 2. The highest BCUT2D eigenvalue weighted by atomic mass is 15.1. The van der Waals surface area contributed by atoms with E-state index in [0.717, 1.165) is 22.7 Å². The Balaban J connectivity index is 1.26. The lowest BCUT2D eigenvalue weighted by molar-refractivity contribution is 1.21. The van der Waals surface area contributed by atoms with Gasteiger partial charge < -0.3 is 9.80 Å². The van der Waals surface area contributed by atoms with Crippen molar-refractivity contribution in [2.24, 2.45) is 0 Å². The second-order valence-electron chi connectivity index (χ2n) is 10.3. The summed E-state index contributed by atoms with van der Waals surface area (Å²) in [6.07, 6.45) is 0. The Labute approximate surface area is 241 Å². The van der Waals surface area contributed by atoms with Crippen LogP contribution in [0.3, 0.4) is 0 Å². The van der Waals surface area contributed by atoms with Crippen LogP contribution >= 0.6 is 0 Å². The fraction of sp³-hybridized carbons (Fsp3) is 0.0256. The number of rotatable bonds is 6. The van der Waals surface area contributed by atoms with Crippen LogP contribution in [0.15, 0.2) is 164 Å². The standard InChI is InChI=1S/C39H30N2/c1-40(39-28-31-14-8-9-17-36(31)37-18-10-11-19-38(37)39)32-24-26-35(27-25-32)41(33-15-6-3-7-16-33)34-22-20-30(21-23-34)29-12-4-2-5-13-29/h2-28H,1H3. The van der Waals surface area contributed by atoms with Crippen molar-refractivity contribution in [2.45, 2.75) is 0 Å². The lowest BCUT2D eigenvalue weighted by Gasteiger charge is -2.27. The minimum atomic E-state index is 1.11. The quantitative estimate of drug-likeness (QED) is 0.199. The number of hydrogen-bond donors (Lipinski definition) is 0. The van der Waals surface area contributed by atoms with Crippen molar-refractivity contribution in [3.05, 3.63) is 164 Å². The van der Waals surface area contributed by atoms with E-state index in [0.29, 0.717) is 0 Å².